The number of hydrazine groups is 1. The summed E-state index contributed by atoms with van der Waals surface area (Å²) in [6.45, 7) is 3.15. The van der Waals surface area contributed by atoms with Gasteiger partial charge in [0.05, 0.1) is 6.42 Å². The van der Waals surface area contributed by atoms with Crippen LogP contribution in [0.3, 0.4) is 0 Å². The molecular weight excluding hydrogens is 284 g/mol. The molecule has 0 aromatic heterocycles. The SMILES string of the molecule is CC=CC(=O)N1CCCN1C(=O)Cc1ccc2c(c1)OCO2. The van der Waals surface area contributed by atoms with Crippen molar-refractivity contribution in [3.8, 4) is 11.5 Å². The van der Waals surface area contributed by atoms with E-state index in [0.29, 0.717) is 24.6 Å². The zero-order valence-corrected chi connectivity index (χ0v) is 12.4. The number of ether oxygens (including phenoxy) is 2. The van der Waals surface area contributed by atoms with E-state index in [1.807, 2.05) is 12.1 Å². The van der Waals surface area contributed by atoms with Gasteiger partial charge in [0.25, 0.3) is 5.91 Å². The quantitative estimate of drug-likeness (QED) is 0.794. The van der Waals surface area contributed by atoms with Gasteiger partial charge in [0.1, 0.15) is 0 Å². The molecule has 0 aliphatic carbocycles. The highest BCUT2D eigenvalue weighted by Gasteiger charge is 2.29. The molecule has 0 radical (unpaired) electrons. The van der Waals surface area contributed by atoms with Gasteiger partial charge in [0.2, 0.25) is 12.7 Å². The van der Waals surface area contributed by atoms with Crippen LogP contribution in [-0.2, 0) is 16.0 Å². The minimum absolute atomic E-state index is 0.0887. The highest BCUT2D eigenvalue weighted by atomic mass is 16.7. The van der Waals surface area contributed by atoms with Crippen molar-refractivity contribution in [2.24, 2.45) is 0 Å². The first-order valence-corrected chi connectivity index (χ1v) is 7.32. The lowest BCUT2D eigenvalue weighted by Gasteiger charge is -2.27. The molecule has 0 N–H and O–H groups in total. The van der Waals surface area contributed by atoms with Crippen LogP contribution in [0, 0.1) is 0 Å². The number of carbonyl (C=O) groups excluding carboxylic acids is 2. The van der Waals surface area contributed by atoms with Crippen LogP contribution in [0.4, 0.5) is 0 Å². The number of nitrogens with zero attached hydrogens (tertiary/aromatic N) is 2. The number of hydrogen-bond acceptors (Lipinski definition) is 4. The van der Waals surface area contributed by atoms with E-state index in [9.17, 15) is 9.59 Å². The van der Waals surface area contributed by atoms with Gasteiger partial charge in [-0.15, -0.1) is 0 Å². The van der Waals surface area contributed by atoms with Crippen molar-refractivity contribution in [1.82, 2.24) is 10.0 Å². The van der Waals surface area contributed by atoms with Crippen molar-refractivity contribution in [2.45, 2.75) is 19.8 Å². The fourth-order valence-corrected chi connectivity index (χ4v) is 2.65. The summed E-state index contributed by atoms with van der Waals surface area (Å²) in [5, 5.41) is 3.04. The van der Waals surface area contributed by atoms with Gasteiger partial charge in [-0.2, -0.15) is 0 Å². The first-order valence-electron chi connectivity index (χ1n) is 7.32. The van der Waals surface area contributed by atoms with Crippen molar-refractivity contribution in [3.63, 3.8) is 0 Å². The predicted octanol–water partition coefficient (Wildman–Crippen LogP) is 1.51. The zero-order valence-electron chi connectivity index (χ0n) is 12.4. The zero-order chi connectivity index (χ0) is 15.5. The normalized spacial score (nSPS) is 16.6. The molecule has 2 aliphatic rings. The molecular formula is C16H18N2O4. The number of rotatable bonds is 3. The molecule has 2 heterocycles. The Labute approximate surface area is 128 Å². The molecule has 0 atom stereocenters. The fraction of sp³-hybridized carbons (Fsp3) is 0.375. The summed E-state index contributed by atoms with van der Waals surface area (Å²) >= 11 is 0. The Morgan fingerprint density at radius 3 is 2.77 bits per heavy atom. The van der Waals surface area contributed by atoms with Gasteiger partial charge in [0.15, 0.2) is 11.5 Å². The molecule has 1 aromatic carbocycles. The second-order valence-electron chi connectivity index (χ2n) is 5.20. The van der Waals surface area contributed by atoms with E-state index >= 15 is 0 Å². The third-order valence-electron chi connectivity index (χ3n) is 3.68. The lowest BCUT2D eigenvalue weighted by molar-refractivity contribution is -0.154. The standard InChI is InChI=1S/C16H18N2O4/c1-2-4-15(19)17-7-3-8-18(17)16(20)10-12-5-6-13-14(9-12)22-11-21-13/h2,4-6,9H,3,7-8,10-11H2,1H3. The number of hydrogen-bond donors (Lipinski definition) is 0. The summed E-state index contributed by atoms with van der Waals surface area (Å²) in [7, 11) is 0. The van der Waals surface area contributed by atoms with Gasteiger partial charge < -0.3 is 9.47 Å². The van der Waals surface area contributed by atoms with E-state index < -0.39 is 0 Å². The van der Waals surface area contributed by atoms with Crippen LogP contribution in [0.25, 0.3) is 0 Å². The Morgan fingerprint density at radius 1 is 1.18 bits per heavy atom. The Balaban J connectivity index is 1.70. The first-order chi connectivity index (χ1) is 10.7. The molecule has 0 unspecified atom stereocenters. The van der Waals surface area contributed by atoms with Gasteiger partial charge in [-0.1, -0.05) is 12.1 Å². The summed E-state index contributed by atoms with van der Waals surface area (Å²) in [6.07, 6.45) is 4.19. The van der Waals surface area contributed by atoms with Gasteiger partial charge in [-0.25, -0.2) is 5.01 Å². The fourth-order valence-electron chi connectivity index (χ4n) is 2.65. The van der Waals surface area contributed by atoms with E-state index in [2.05, 4.69) is 0 Å². The molecule has 0 bridgehead atoms. The Kier molecular flexibility index (Phi) is 4.00. The Bertz CT molecular complexity index is 627. The Morgan fingerprint density at radius 2 is 1.95 bits per heavy atom. The average molecular weight is 302 g/mol. The molecule has 2 aliphatic heterocycles. The van der Waals surface area contributed by atoms with Gasteiger partial charge >= 0.3 is 0 Å². The highest BCUT2D eigenvalue weighted by Crippen LogP contribution is 2.32. The Hall–Kier alpha value is -2.50. The summed E-state index contributed by atoms with van der Waals surface area (Å²) in [5.74, 6) is 1.11. The van der Waals surface area contributed by atoms with Crippen molar-refractivity contribution >= 4 is 11.8 Å². The van der Waals surface area contributed by atoms with E-state index in [1.165, 1.54) is 16.1 Å². The molecule has 6 heteroatoms. The molecule has 2 amide bonds. The number of carbonyl (C=O) groups is 2. The maximum Gasteiger partial charge on any atom is 0.264 e. The average Bonchev–Trinajstić information content (AvgIpc) is 3.16. The summed E-state index contributed by atoms with van der Waals surface area (Å²) in [6, 6.07) is 5.46. The van der Waals surface area contributed by atoms with Crippen molar-refractivity contribution in [3.05, 3.63) is 35.9 Å². The van der Waals surface area contributed by atoms with Crippen LogP contribution in [0.1, 0.15) is 18.9 Å². The van der Waals surface area contributed by atoms with Crippen LogP contribution in [0.5, 0.6) is 11.5 Å². The second kappa shape index (κ2) is 6.09. The minimum atomic E-state index is -0.154. The lowest BCUT2D eigenvalue weighted by atomic mass is 10.1. The predicted molar refractivity (Wildman–Crippen MR) is 79.1 cm³/mol. The lowest BCUT2D eigenvalue weighted by Crippen LogP contribution is -2.44. The molecule has 0 saturated carbocycles. The molecule has 22 heavy (non-hydrogen) atoms. The monoisotopic (exact) mass is 302 g/mol. The van der Waals surface area contributed by atoms with Gasteiger partial charge in [-0.05, 0) is 31.0 Å². The van der Waals surface area contributed by atoms with Crippen molar-refractivity contribution < 1.29 is 19.1 Å². The summed E-state index contributed by atoms with van der Waals surface area (Å²) in [5.41, 5.74) is 0.847. The van der Waals surface area contributed by atoms with E-state index in [0.717, 1.165) is 12.0 Å². The summed E-state index contributed by atoms with van der Waals surface area (Å²) in [4.78, 5) is 24.4. The van der Waals surface area contributed by atoms with Crippen molar-refractivity contribution in [1.29, 1.82) is 0 Å². The molecule has 0 spiro atoms. The van der Waals surface area contributed by atoms with E-state index in [4.69, 9.17) is 9.47 Å². The van der Waals surface area contributed by atoms with Crippen LogP contribution >= 0.6 is 0 Å². The van der Waals surface area contributed by atoms with Gasteiger partial charge in [-0.3, -0.25) is 14.6 Å². The van der Waals surface area contributed by atoms with Crippen molar-refractivity contribution in [2.75, 3.05) is 19.9 Å². The highest BCUT2D eigenvalue weighted by molar-refractivity contribution is 5.90. The molecule has 116 valence electrons. The van der Waals surface area contributed by atoms with Crippen LogP contribution in [-0.4, -0.2) is 41.7 Å². The molecule has 1 fully saturated rings. The van der Waals surface area contributed by atoms with E-state index in [-0.39, 0.29) is 25.0 Å². The number of amides is 2. The maximum atomic E-state index is 12.5. The minimum Gasteiger partial charge on any atom is -0.454 e. The van der Waals surface area contributed by atoms with Gasteiger partial charge in [0, 0.05) is 19.2 Å². The molecule has 1 saturated heterocycles. The topological polar surface area (TPSA) is 59.1 Å². The second-order valence-corrected chi connectivity index (χ2v) is 5.20. The number of fused-ring (bicyclic) bond motifs is 1. The largest absolute Gasteiger partial charge is 0.454 e. The molecule has 1 aromatic rings. The molecule has 6 nitrogen and oxygen atoms in total. The van der Waals surface area contributed by atoms with Crippen LogP contribution < -0.4 is 9.47 Å². The van der Waals surface area contributed by atoms with Crippen LogP contribution in [0.15, 0.2) is 30.4 Å². The number of allylic oxidation sites excluding steroid dienone is 1. The third-order valence-corrected chi connectivity index (χ3v) is 3.68. The van der Waals surface area contributed by atoms with E-state index in [1.54, 1.807) is 19.1 Å². The number of benzene rings is 1. The summed E-state index contributed by atoms with van der Waals surface area (Å²) < 4.78 is 10.6. The maximum absolute atomic E-state index is 12.5. The molecule has 3 rings (SSSR count). The van der Waals surface area contributed by atoms with Crippen LogP contribution in [0.2, 0.25) is 0 Å². The first kappa shape index (κ1) is 14.4. The third kappa shape index (κ3) is 2.77. The smallest absolute Gasteiger partial charge is 0.264 e.